The lowest BCUT2D eigenvalue weighted by molar-refractivity contribution is -0.143. The Hall–Kier alpha value is -1.26. The van der Waals surface area contributed by atoms with Crippen molar-refractivity contribution in [1.82, 2.24) is 4.90 Å². The summed E-state index contributed by atoms with van der Waals surface area (Å²) >= 11 is 0. The summed E-state index contributed by atoms with van der Waals surface area (Å²) in [6.45, 7) is 6.04. The van der Waals surface area contributed by atoms with Crippen LogP contribution in [0.1, 0.15) is 40.0 Å². The third-order valence-corrected chi connectivity index (χ3v) is 2.34. The monoisotopic (exact) mass is 231 g/mol. The van der Waals surface area contributed by atoms with Gasteiger partial charge in [-0.3, -0.25) is 4.90 Å². The van der Waals surface area contributed by atoms with Gasteiger partial charge in [0.15, 0.2) is 0 Å². The van der Waals surface area contributed by atoms with Crippen LogP contribution in [0.2, 0.25) is 0 Å². The van der Waals surface area contributed by atoms with Crippen LogP contribution in [0.3, 0.4) is 0 Å². The van der Waals surface area contributed by atoms with Crippen LogP contribution in [0.5, 0.6) is 0 Å². The Kier molecular flexibility index (Phi) is 7.33. The van der Waals surface area contributed by atoms with E-state index in [1.54, 1.807) is 13.8 Å². The second-order valence-electron chi connectivity index (χ2n) is 3.48. The lowest BCUT2D eigenvalue weighted by Gasteiger charge is -2.26. The molecule has 16 heavy (non-hydrogen) atoms. The highest BCUT2D eigenvalue weighted by Crippen LogP contribution is 2.11. The molecule has 0 aromatic rings. The number of rotatable bonds is 7. The summed E-state index contributed by atoms with van der Waals surface area (Å²) in [5.41, 5.74) is 0. The quantitative estimate of drug-likeness (QED) is 0.728. The number of carbonyl (C=O) groups is 2. The fourth-order valence-corrected chi connectivity index (χ4v) is 1.49. The number of amides is 1. The zero-order valence-corrected chi connectivity index (χ0v) is 10.2. The Morgan fingerprint density at radius 3 is 2.31 bits per heavy atom. The Morgan fingerprint density at radius 2 is 1.94 bits per heavy atom. The number of aliphatic carboxylic acids is 1. The van der Waals surface area contributed by atoms with E-state index in [0.29, 0.717) is 13.0 Å². The van der Waals surface area contributed by atoms with E-state index in [0.717, 1.165) is 12.8 Å². The molecule has 1 N–H and O–H groups in total. The molecule has 5 nitrogen and oxygen atoms in total. The summed E-state index contributed by atoms with van der Waals surface area (Å²) < 4.78 is 4.83. The zero-order valence-electron chi connectivity index (χ0n) is 10.2. The Morgan fingerprint density at radius 1 is 1.31 bits per heavy atom. The summed E-state index contributed by atoms with van der Waals surface area (Å²) in [7, 11) is 0. The van der Waals surface area contributed by atoms with E-state index in [4.69, 9.17) is 9.84 Å². The Labute approximate surface area is 96.4 Å². The van der Waals surface area contributed by atoms with Gasteiger partial charge in [-0.15, -0.1) is 0 Å². The van der Waals surface area contributed by atoms with E-state index in [9.17, 15) is 9.59 Å². The van der Waals surface area contributed by atoms with E-state index in [-0.39, 0.29) is 6.61 Å². The second kappa shape index (κ2) is 7.96. The Bertz CT molecular complexity index is 230. The number of nitrogens with zero attached hydrogens (tertiary/aromatic N) is 1. The van der Waals surface area contributed by atoms with Gasteiger partial charge in [0.25, 0.3) is 0 Å². The minimum Gasteiger partial charge on any atom is -0.480 e. The van der Waals surface area contributed by atoms with Gasteiger partial charge in [-0.2, -0.15) is 0 Å². The van der Waals surface area contributed by atoms with Crippen molar-refractivity contribution in [1.29, 1.82) is 0 Å². The number of carboxylic acid groups (broad SMARTS) is 1. The number of likely N-dealkylation sites (N-methyl/N-ethyl adjacent to an activating group) is 1. The number of unbranched alkanes of at least 4 members (excludes halogenated alkanes) is 1. The molecule has 0 fully saturated rings. The minimum atomic E-state index is -0.969. The zero-order chi connectivity index (χ0) is 12.6. The average Bonchev–Trinajstić information content (AvgIpc) is 2.23. The van der Waals surface area contributed by atoms with Gasteiger partial charge in [-0.05, 0) is 20.3 Å². The van der Waals surface area contributed by atoms with Crippen LogP contribution in [-0.4, -0.2) is 41.3 Å². The SMILES string of the molecule is CCCCC(C(=O)O)N(CC)C(=O)OCC. The van der Waals surface area contributed by atoms with Gasteiger partial charge in [0.1, 0.15) is 6.04 Å². The number of ether oxygens (including phenoxy) is 1. The van der Waals surface area contributed by atoms with Gasteiger partial charge in [0, 0.05) is 6.54 Å². The molecule has 1 unspecified atom stereocenters. The first-order chi connectivity index (χ1) is 7.58. The minimum absolute atomic E-state index is 0.259. The van der Waals surface area contributed by atoms with E-state index < -0.39 is 18.1 Å². The topological polar surface area (TPSA) is 66.8 Å². The molecular weight excluding hydrogens is 210 g/mol. The molecule has 0 radical (unpaired) electrons. The highest BCUT2D eigenvalue weighted by molar-refractivity contribution is 5.79. The summed E-state index contributed by atoms with van der Waals surface area (Å²) in [6.07, 6.45) is 1.61. The maximum absolute atomic E-state index is 11.5. The molecule has 0 saturated carbocycles. The van der Waals surface area contributed by atoms with Gasteiger partial charge < -0.3 is 9.84 Å². The fraction of sp³-hybridized carbons (Fsp3) is 0.818. The van der Waals surface area contributed by atoms with E-state index in [2.05, 4.69) is 0 Å². The van der Waals surface area contributed by atoms with Gasteiger partial charge in [0.05, 0.1) is 6.61 Å². The van der Waals surface area contributed by atoms with Gasteiger partial charge in [-0.1, -0.05) is 19.8 Å². The average molecular weight is 231 g/mol. The predicted octanol–water partition coefficient (Wildman–Crippen LogP) is 2.11. The number of carbonyl (C=O) groups excluding carboxylic acids is 1. The largest absolute Gasteiger partial charge is 0.480 e. The van der Waals surface area contributed by atoms with Crippen LogP contribution in [0.4, 0.5) is 4.79 Å². The molecule has 0 saturated heterocycles. The first-order valence-electron chi connectivity index (χ1n) is 5.74. The molecule has 0 heterocycles. The summed E-state index contributed by atoms with van der Waals surface area (Å²) in [5.74, 6) is -0.969. The Balaban J connectivity index is 4.56. The standard InChI is InChI=1S/C11H21NO4/c1-4-7-8-9(10(13)14)12(5-2)11(15)16-6-3/h9H,4-8H2,1-3H3,(H,13,14). The molecule has 0 aliphatic rings. The molecule has 1 amide bonds. The van der Waals surface area contributed by atoms with Crippen LogP contribution >= 0.6 is 0 Å². The maximum atomic E-state index is 11.5. The third-order valence-electron chi connectivity index (χ3n) is 2.34. The summed E-state index contributed by atoms with van der Waals surface area (Å²) in [5, 5.41) is 9.07. The van der Waals surface area contributed by atoms with E-state index >= 15 is 0 Å². The number of carboxylic acids is 1. The van der Waals surface area contributed by atoms with Crippen LogP contribution in [-0.2, 0) is 9.53 Å². The molecular formula is C11H21NO4. The lowest BCUT2D eigenvalue weighted by Crippen LogP contribution is -2.45. The normalized spacial score (nSPS) is 11.9. The summed E-state index contributed by atoms with van der Waals surface area (Å²) in [6, 6.07) is -0.774. The lowest BCUT2D eigenvalue weighted by atomic mass is 10.1. The summed E-state index contributed by atoms with van der Waals surface area (Å²) in [4.78, 5) is 23.9. The number of hydrogen-bond donors (Lipinski definition) is 1. The smallest absolute Gasteiger partial charge is 0.410 e. The van der Waals surface area contributed by atoms with E-state index in [1.165, 1.54) is 4.90 Å². The third kappa shape index (κ3) is 4.51. The number of hydrogen-bond acceptors (Lipinski definition) is 3. The van der Waals surface area contributed by atoms with Crippen molar-refractivity contribution in [3.8, 4) is 0 Å². The molecule has 0 aliphatic carbocycles. The van der Waals surface area contributed by atoms with Gasteiger partial charge >= 0.3 is 12.1 Å². The molecule has 94 valence electrons. The molecule has 0 aromatic carbocycles. The van der Waals surface area contributed by atoms with Gasteiger partial charge in [-0.25, -0.2) is 9.59 Å². The second-order valence-corrected chi connectivity index (χ2v) is 3.48. The highest BCUT2D eigenvalue weighted by Gasteiger charge is 2.28. The van der Waals surface area contributed by atoms with Crippen LogP contribution < -0.4 is 0 Å². The van der Waals surface area contributed by atoms with Crippen molar-refractivity contribution in [2.45, 2.75) is 46.1 Å². The highest BCUT2D eigenvalue weighted by atomic mass is 16.6. The van der Waals surface area contributed by atoms with Crippen molar-refractivity contribution in [2.24, 2.45) is 0 Å². The first-order valence-corrected chi connectivity index (χ1v) is 5.74. The van der Waals surface area contributed by atoms with Crippen LogP contribution in [0.15, 0.2) is 0 Å². The molecule has 0 spiro atoms. The van der Waals surface area contributed by atoms with Crippen LogP contribution in [0.25, 0.3) is 0 Å². The van der Waals surface area contributed by atoms with Crippen molar-refractivity contribution < 1.29 is 19.4 Å². The molecule has 5 heteroatoms. The van der Waals surface area contributed by atoms with Crippen molar-refractivity contribution in [3.05, 3.63) is 0 Å². The van der Waals surface area contributed by atoms with E-state index in [1.807, 2.05) is 6.92 Å². The van der Waals surface area contributed by atoms with Gasteiger partial charge in [0.2, 0.25) is 0 Å². The molecule has 0 bridgehead atoms. The molecule has 0 rings (SSSR count). The first kappa shape index (κ1) is 14.7. The fourth-order valence-electron chi connectivity index (χ4n) is 1.49. The molecule has 0 aliphatic heterocycles. The van der Waals surface area contributed by atoms with Crippen molar-refractivity contribution in [2.75, 3.05) is 13.2 Å². The van der Waals surface area contributed by atoms with Crippen molar-refractivity contribution in [3.63, 3.8) is 0 Å². The maximum Gasteiger partial charge on any atom is 0.410 e. The molecule has 0 aromatic heterocycles. The van der Waals surface area contributed by atoms with Crippen LogP contribution in [0, 0.1) is 0 Å². The molecule has 1 atom stereocenters. The predicted molar refractivity (Wildman–Crippen MR) is 60.4 cm³/mol. The van der Waals surface area contributed by atoms with Crippen molar-refractivity contribution >= 4 is 12.1 Å².